The molecule has 0 N–H and O–H groups in total. The molecule has 8 rings (SSSR count). The summed E-state index contributed by atoms with van der Waals surface area (Å²) in [7, 11) is 0. The highest BCUT2D eigenvalue weighted by molar-refractivity contribution is 7.21. The Morgan fingerprint density at radius 1 is 0.550 bits per heavy atom. The summed E-state index contributed by atoms with van der Waals surface area (Å²) in [6.07, 6.45) is 0. The number of benzene rings is 5. The van der Waals surface area contributed by atoms with Crippen LogP contribution in [0.3, 0.4) is 0 Å². The van der Waals surface area contributed by atoms with Gasteiger partial charge in [-0.15, -0.1) is 11.3 Å². The van der Waals surface area contributed by atoms with E-state index in [1.807, 2.05) is 18.2 Å². The second kappa shape index (κ2) is 9.26. The van der Waals surface area contributed by atoms with Gasteiger partial charge < -0.3 is 0 Å². The Morgan fingerprint density at radius 2 is 1.25 bits per heavy atom. The third-order valence-electron chi connectivity index (χ3n) is 7.24. The third-order valence-corrected chi connectivity index (χ3v) is 8.32. The van der Waals surface area contributed by atoms with Crippen LogP contribution in [0, 0.1) is 0 Å². The Morgan fingerprint density at radius 3 is 2.10 bits per heavy atom. The average Bonchev–Trinajstić information content (AvgIpc) is 3.61. The van der Waals surface area contributed by atoms with Gasteiger partial charge in [0.1, 0.15) is 10.7 Å². The lowest BCUT2D eigenvalue weighted by Gasteiger charge is -2.11. The second-order valence-corrected chi connectivity index (χ2v) is 10.7. The van der Waals surface area contributed by atoms with Crippen molar-refractivity contribution in [3.8, 4) is 38.9 Å². The van der Waals surface area contributed by atoms with Crippen molar-refractivity contribution in [1.82, 2.24) is 19.5 Å². The first-order chi connectivity index (χ1) is 19.8. The van der Waals surface area contributed by atoms with Gasteiger partial charge in [0, 0.05) is 27.8 Å². The summed E-state index contributed by atoms with van der Waals surface area (Å²) in [5.41, 5.74) is 8.10. The molecule has 188 valence electrons. The maximum absolute atomic E-state index is 5.26. The molecule has 0 aliphatic rings. The molecule has 0 bridgehead atoms. The van der Waals surface area contributed by atoms with Crippen LogP contribution in [0.4, 0.5) is 0 Å². The highest BCUT2D eigenvalue weighted by Crippen LogP contribution is 2.38. The summed E-state index contributed by atoms with van der Waals surface area (Å²) < 4.78 is 3.43. The molecule has 0 aliphatic carbocycles. The zero-order valence-electron chi connectivity index (χ0n) is 21.4. The molecule has 0 saturated heterocycles. The van der Waals surface area contributed by atoms with E-state index in [4.69, 9.17) is 15.0 Å². The van der Waals surface area contributed by atoms with Gasteiger partial charge in [0.05, 0.1) is 26.8 Å². The van der Waals surface area contributed by atoms with Gasteiger partial charge in [-0.2, -0.15) is 0 Å². The number of nitrogens with zero attached hydrogens (tertiary/aromatic N) is 4. The summed E-state index contributed by atoms with van der Waals surface area (Å²) in [6, 6.07) is 46.0. The molecule has 3 aromatic heterocycles. The van der Waals surface area contributed by atoms with Gasteiger partial charge in [-0.25, -0.2) is 15.0 Å². The highest BCUT2D eigenvalue weighted by Gasteiger charge is 2.20. The molecule has 8 aromatic rings. The number of thiazole rings is 1. The molecule has 0 aliphatic heterocycles. The van der Waals surface area contributed by atoms with Crippen molar-refractivity contribution >= 4 is 43.5 Å². The Bertz CT molecular complexity index is 2130. The molecule has 0 spiro atoms. The lowest BCUT2D eigenvalue weighted by atomic mass is 10.1. The van der Waals surface area contributed by atoms with Crippen molar-refractivity contribution < 1.29 is 0 Å². The predicted molar refractivity (Wildman–Crippen MR) is 166 cm³/mol. The van der Waals surface area contributed by atoms with Gasteiger partial charge in [-0.05, 0) is 36.4 Å². The van der Waals surface area contributed by atoms with Crippen molar-refractivity contribution in [2.75, 3.05) is 0 Å². The quantitative estimate of drug-likeness (QED) is 0.228. The molecule has 3 heterocycles. The third kappa shape index (κ3) is 3.71. The smallest absolute Gasteiger partial charge is 0.162 e. The van der Waals surface area contributed by atoms with Crippen molar-refractivity contribution in [2.45, 2.75) is 0 Å². The average molecular weight is 531 g/mol. The molecular weight excluding hydrogens is 508 g/mol. The molecule has 0 amide bonds. The van der Waals surface area contributed by atoms with Crippen LogP contribution >= 0.6 is 11.3 Å². The van der Waals surface area contributed by atoms with Gasteiger partial charge in [-0.1, -0.05) is 97.1 Å². The molecule has 0 atom stereocenters. The SMILES string of the molecule is c1ccc(-c2nc(-c3cccc(-c4nc5ccccc5s4)c3)nc3c2c2ccccc2n3-c2ccccc2)cc1. The summed E-state index contributed by atoms with van der Waals surface area (Å²) in [5, 5.41) is 3.18. The Hall–Kier alpha value is -5.13. The van der Waals surface area contributed by atoms with Gasteiger partial charge in [0.2, 0.25) is 0 Å². The predicted octanol–water partition coefficient (Wildman–Crippen LogP) is 9.18. The molecule has 5 heteroatoms. The first kappa shape index (κ1) is 22.8. The maximum Gasteiger partial charge on any atom is 0.162 e. The number of fused-ring (bicyclic) bond motifs is 4. The minimum atomic E-state index is 0.689. The molecule has 40 heavy (non-hydrogen) atoms. The first-order valence-electron chi connectivity index (χ1n) is 13.2. The molecular formula is C35H22N4S. The lowest BCUT2D eigenvalue weighted by Crippen LogP contribution is -1.99. The van der Waals surface area contributed by atoms with Crippen molar-refractivity contribution in [1.29, 1.82) is 0 Å². The van der Waals surface area contributed by atoms with Gasteiger partial charge in [-0.3, -0.25) is 4.57 Å². The zero-order valence-corrected chi connectivity index (χ0v) is 22.2. The first-order valence-corrected chi connectivity index (χ1v) is 14.0. The lowest BCUT2D eigenvalue weighted by molar-refractivity contribution is 1.11. The monoisotopic (exact) mass is 530 g/mol. The van der Waals surface area contributed by atoms with E-state index in [1.165, 1.54) is 4.70 Å². The van der Waals surface area contributed by atoms with Crippen molar-refractivity contribution in [2.24, 2.45) is 0 Å². The van der Waals surface area contributed by atoms with E-state index < -0.39 is 0 Å². The summed E-state index contributed by atoms with van der Waals surface area (Å²) in [6.45, 7) is 0. The fourth-order valence-electron chi connectivity index (χ4n) is 5.41. The number of hydrogen-bond acceptors (Lipinski definition) is 4. The molecule has 0 fully saturated rings. The molecule has 0 radical (unpaired) electrons. The van der Waals surface area contributed by atoms with Crippen LogP contribution in [-0.4, -0.2) is 19.5 Å². The van der Waals surface area contributed by atoms with Crippen LogP contribution in [0.2, 0.25) is 0 Å². The molecule has 0 unspecified atom stereocenters. The summed E-state index contributed by atoms with van der Waals surface area (Å²) in [5.74, 6) is 0.689. The summed E-state index contributed by atoms with van der Waals surface area (Å²) in [4.78, 5) is 15.4. The molecule has 5 aromatic carbocycles. The number of aromatic nitrogens is 4. The largest absolute Gasteiger partial charge is 0.294 e. The van der Waals surface area contributed by atoms with E-state index in [9.17, 15) is 0 Å². The van der Waals surface area contributed by atoms with Crippen LogP contribution in [0.15, 0.2) is 133 Å². The second-order valence-electron chi connectivity index (χ2n) is 9.72. The maximum atomic E-state index is 5.26. The van der Waals surface area contributed by atoms with Crippen LogP contribution in [0.1, 0.15) is 0 Å². The van der Waals surface area contributed by atoms with E-state index in [-0.39, 0.29) is 0 Å². The fraction of sp³-hybridized carbons (Fsp3) is 0. The zero-order chi connectivity index (χ0) is 26.5. The van der Waals surface area contributed by atoms with Gasteiger partial charge in [0.15, 0.2) is 5.82 Å². The van der Waals surface area contributed by atoms with Crippen molar-refractivity contribution in [3.05, 3.63) is 133 Å². The Balaban J connectivity index is 1.42. The number of rotatable bonds is 4. The summed E-state index contributed by atoms with van der Waals surface area (Å²) >= 11 is 1.70. The topological polar surface area (TPSA) is 43.6 Å². The number of para-hydroxylation sites is 3. The van der Waals surface area contributed by atoms with E-state index in [2.05, 4.69) is 120 Å². The van der Waals surface area contributed by atoms with Gasteiger partial charge in [0.25, 0.3) is 0 Å². The highest BCUT2D eigenvalue weighted by atomic mass is 32.1. The minimum absolute atomic E-state index is 0.689. The number of hydrogen-bond donors (Lipinski definition) is 0. The normalized spacial score (nSPS) is 11.5. The van der Waals surface area contributed by atoms with Crippen LogP contribution < -0.4 is 0 Å². The Labute approximate surface area is 234 Å². The van der Waals surface area contributed by atoms with Crippen LogP contribution in [0.5, 0.6) is 0 Å². The fourth-order valence-corrected chi connectivity index (χ4v) is 6.37. The van der Waals surface area contributed by atoms with Crippen LogP contribution in [0.25, 0.3) is 71.1 Å². The standard InChI is InChI=1S/C35H22N4S/c1-3-12-23(13-4-1)32-31-27-18-7-9-20-29(27)39(26-16-5-2-6-17-26)34(31)38-33(37-32)24-14-11-15-25(22-24)35-36-28-19-8-10-21-30(28)40-35/h1-22H. The van der Waals surface area contributed by atoms with E-state index in [0.29, 0.717) is 5.82 Å². The van der Waals surface area contributed by atoms with Crippen molar-refractivity contribution in [3.63, 3.8) is 0 Å². The van der Waals surface area contributed by atoms with E-state index >= 15 is 0 Å². The van der Waals surface area contributed by atoms with E-state index in [1.54, 1.807) is 11.3 Å². The molecule has 4 nitrogen and oxygen atoms in total. The molecule has 0 saturated carbocycles. The minimum Gasteiger partial charge on any atom is -0.294 e. The van der Waals surface area contributed by atoms with E-state index in [0.717, 1.165) is 60.5 Å². The van der Waals surface area contributed by atoms with Crippen LogP contribution in [-0.2, 0) is 0 Å². The Kier molecular flexibility index (Phi) is 5.28. The van der Waals surface area contributed by atoms with Gasteiger partial charge >= 0.3 is 0 Å².